The van der Waals surface area contributed by atoms with Crippen molar-refractivity contribution in [1.29, 1.82) is 0 Å². The zero-order valence-electron chi connectivity index (χ0n) is 17.6. The molecule has 1 saturated carbocycles. The lowest BCUT2D eigenvalue weighted by atomic mass is 10.3. The first-order chi connectivity index (χ1) is 14.3. The molecule has 2 aromatic rings. The Kier molecular flexibility index (Phi) is 8.37. The van der Waals surface area contributed by atoms with Crippen molar-refractivity contribution in [2.45, 2.75) is 51.6 Å². The van der Waals surface area contributed by atoms with Crippen LogP contribution in [0.25, 0.3) is 0 Å². The highest BCUT2D eigenvalue weighted by Gasteiger charge is 2.17. The van der Waals surface area contributed by atoms with E-state index in [0.29, 0.717) is 25.8 Å². The molecule has 1 heterocycles. The van der Waals surface area contributed by atoms with Crippen LogP contribution >= 0.6 is 0 Å². The van der Waals surface area contributed by atoms with E-state index in [2.05, 4.69) is 34.5 Å². The SMILES string of the molecule is CCNC(=NCc1ccn(C2CCCC2)n1)Nc1cccc(OCCCOC)c1. The maximum Gasteiger partial charge on any atom is 0.196 e. The minimum atomic E-state index is 0.544. The fourth-order valence-corrected chi connectivity index (χ4v) is 3.49. The molecular weight excluding hydrogens is 366 g/mol. The molecule has 1 aliphatic rings. The van der Waals surface area contributed by atoms with Gasteiger partial charge in [-0.15, -0.1) is 0 Å². The van der Waals surface area contributed by atoms with E-state index in [-0.39, 0.29) is 0 Å². The molecule has 29 heavy (non-hydrogen) atoms. The summed E-state index contributed by atoms with van der Waals surface area (Å²) < 4.78 is 12.9. The number of hydrogen-bond donors (Lipinski definition) is 2. The van der Waals surface area contributed by atoms with E-state index in [4.69, 9.17) is 19.6 Å². The summed E-state index contributed by atoms with van der Waals surface area (Å²) in [7, 11) is 1.70. The fourth-order valence-electron chi connectivity index (χ4n) is 3.49. The molecule has 7 heteroatoms. The van der Waals surface area contributed by atoms with E-state index in [1.807, 2.05) is 24.3 Å². The van der Waals surface area contributed by atoms with Gasteiger partial charge in [0, 0.05) is 44.6 Å². The number of methoxy groups -OCH3 is 1. The number of rotatable bonds is 10. The van der Waals surface area contributed by atoms with Crippen molar-refractivity contribution in [3.05, 3.63) is 42.2 Å². The molecule has 0 atom stereocenters. The summed E-state index contributed by atoms with van der Waals surface area (Å²) in [5.41, 5.74) is 1.93. The summed E-state index contributed by atoms with van der Waals surface area (Å²) in [5.74, 6) is 1.57. The third-order valence-corrected chi connectivity index (χ3v) is 4.96. The molecule has 7 nitrogen and oxygen atoms in total. The molecule has 0 amide bonds. The van der Waals surface area contributed by atoms with Crippen LogP contribution in [0.5, 0.6) is 5.75 Å². The van der Waals surface area contributed by atoms with Crippen LogP contribution in [0.3, 0.4) is 0 Å². The second-order valence-corrected chi connectivity index (χ2v) is 7.27. The highest BCUT2D eigenvalue weighted by molar-refractivity contribution is 5.93. The van der Waals surface area contributed by atoms with Gasteiger partial charge in [0.2, 0.25) is 0 Å². The van der Waals surface area contributed by atoms with Gasteiger partial charge in [-0.2, -0.15) is 5.10 Å². The molecule has 0 spiro atoms. The Hall–Kier alpha value is -2.54. The molecule has 1 aromatic heterocycles. The standard InChI is InChI=1S/C22H33N5O2/c1-3-23-22(24-17-19-12-13-27(26-19)20-9-4-5-10-20)25-18-8-6-11-21(16-18)29-15-7-14-28-2/h6,8,11-13,16,20H,3-5,7,9-10,14-15,17H2,1-2H3,(H2,23,24,25). The second-order valence-electron chi connectivity index (χ2n) is 7.27. The van der Waals surface area contributed by atoms with Gasteiger partial charge in [0.15, 0.2) is 5.96 Å². The monoisotopic (exact) mass is 399 g/mol. The maximum atomic E-state index is 5.78. The molecule has 1 fully saturated rings. The number of aromatic nitrogens is 2. The molecular formula is C22H33N5O2. The summed E-state index contributed by atoms with van der Waals surface area (Å²) in [6.07, 6.45) is 8.04. The molecule has 0 unspecified atom stereocenters. The van der Waals surface area contributed by atoms with Crippen molar-refractivity contribution in [2.24, 2.45) is 4.99 Å². The number of benzene rings is 1. The van der Waals surface area contributed by atoms with Gasteiger partial charge in [-0.1, -0.05) is 18.9 Å². The molecule has 0 saturated heterocycles. The van der Waals surface area contributed by atoms with Gasteiger partial charge >= 0.3 is 0 Å². The van der Waals surface area contributed by atoms with Crippen LogP contribution in [-0.2, 0) is 11.3 Å². The number of guanidine groups is 1. The third kappa shape index (κ3) is 6.78. The summed E-state index contributed by atoms with van der Waals surface area (Å²) in [6.45, 7) is 4.72. The van der Waals surface area contributed by atoms with Crippen molar-refractivity contribution in [3.8, 4) is 5.75 Å². The predicted octanol–water partition coefficient (Wildman–Crippen LogP) is 3.99. The number of aliphatic imine (C=N–C) groups is 1. The van der Waals surface area contributed by atoms with Crippen molar-refractivity contribution in [2.75, 3.05) is 32.2 Å². The number of nitrogens with one attached hydrogen (secondary N) is 2. The highest BCUT2D eigenvalue weighted by Crippen LogP contribution is 2.28. The number of anilines is 1. The first kappa shape index (κ1) is 21.2. The smallest absolute Gasteiger partial charge is 0.196 e. The van der Waals surface area contributed by atoms with Crippen LogP contribution in [-0.4, -0.2) is 42.6 Å². The minimum Gasteiger partial charge on any atom is -0.493 e. The van der Waals surface area contributed by atoms with Gasteiger partial charge in [-0.05, 0) is 38.0 Å². The van der Waals surface area contributed by atoms with Crippen molar-refractivity contribution >= 4 is 11.6 Å². The first-order valence-electron chi connectivity index (χ1n) is 10.6. The predicted molar refractivity (Wildman–Crippen MR) is 117 cm³/mol. The average molecular weight is 400 g/mol. The Morgan fingerprint density at radius 3 is 2.90 bits per heavy atom. The lowest BCUT2D eigenvalue weighted by molar-refractivity contribution is 0.172. The Labute approximate surface area is 173 Å². The number of nitrogens with zero attached hydrogens (tertiary/aromatic N) is 3. The van der Waals surface area contributed by atoms with Crippen LogP contribution in [0.15, 0.2) is 41.5 Å². The Morgan fingerprint density at radius 2 is 2.10 bits per heavy atom. The summed E-state index contributed by atoms with van der Waals surface area (Å²) in [6, 6.07) is 10.5. The normalized spacial score (nSPS) is 14.9. The Balaban J connectivity index is 1.57. The van der Waals surface area contributed by atoms with E-state index in [9.17, 15) is 0 Å². The largest absolute Gasteiger partial charge is 0.493 e. The summed E-state index contributed by atoms with van der Waals surface area (Å²) in [4.78, 5) is 4.70. The number of hydrogen-bond acceptors (Lipinski definition) is 4. The lowest BCUT2D eigenvalue weighted by Gasteiger charge is -2.13. The Morgan fingerprint density at radius 1 is 1.24 bits per heavy atom. The van der Waals surface area contributed by atoms with Crippen LogP contribution in [0.4, 0.5) is 5.69 Å². The third-order valence-electron chi connectivity index (χ3n) is 4.96. The fraction of sp³-hybridized carbons (Fsp3) is 0.545. The maximum absolute atomic E-state index is 5.78. The average Bonchev–Trinajstić information content (AvgIpc) is 3.42. The van der Waals surface area contributed by atoms with Crippen molar-refractivity contribution < 1.29 is 9.47 Å². The second kappa shape index (κ2) is 11.5. The molecule has 0 aliphatic heterocycles. The molecule has 2 N–H and O–H groups in total. The van der Waals surface area contributed by atoms with E-state index in [1.165, 1.54) is 25.7 Å². The highest BCUT2D eigenvalue weighted by atomic mass is 16.5. The van der Waals surface area contributed by atoms with Gasteiger partial charge in [0.1, 0.15) is 5.75 Å². The quantitative estimate of drug-likeness (QED) is 0.359. The molecule has 1 aromatic carbocycles. The molecule has 1 aliphatic carbocycles. The van der Waals surface area contributed by atoms with Crippen LogP contribution < -0.4 is 15.4 Å². The minimum absolute atomic E-state index is 0.544. The van der Waals surface area contributed by atoms with Gasteiger partial charge < -0.3 is 20.1 Å². The molecule has 3 rings (SSSR count). The topological polar surface area (TPSA) is 72.7 Å². The van der Waals surface area contributed by atoms with Gasteiger partial charge in [-0.3, -0.25) is 4.68 Å². The molecule has 158 valence electrons. The Bertz CT molecular complexity index is 768. The van der Waals surface area contributed by atoms with Gasteiger partial charge in [0.05, 0.1) is 24.9 Å². The van der Waals surface area contributed by atoms with E-state index >= 15 is 0 Å². The van der Waals surface area contributed by atoms with Crippen LogP contribution in [0, 0.1) is 0 Å². The van der Waals surface area contributed by atoms with Gasteiger partial charge in [-0.25, -0.2) is 4.99 Å². The zero-order valence-corrected chi connectivity index (χ0v) is 17.6. The van der Waals surface area contributed by atoms with E-state index in [0.717, 1.165) is 36.1 Å². The lowest BCUT2D eigenvalue weighted by Crippen LogP contribution is -2.30. The first-order valence-corrected chi connectivity index (χ1v) is 10.6. The van der Waals surface area contributed by atoms with Crippen molar-refractivity contribution in [1.82, 2.24) is 15.1 Å². The van der Waals surface area contributed by atoms with Crippen LogP contribution in [0.1, 0.15) is 50.8 Å². The summed E-state index contributed by atoms with van der Waals surface area (Å²) >= 11 is 0. The summed E-state index contributed by atoms with van der Waals surface area (Å²) in [5, 5.41) is 11.4. The van der Waals surface area contributed by atoms with E-state index < -0.39 is 0 Å². The van der Waals surface area contributed by atoms with Gasteiger partial charge in [0.25, 0.3) is 0 Å². The molecule has 0 radical (unpaired) electrons. The van der Waals surface area contributed by atoms with Crippen molar-refractivity contribution in [3.63, 3.8) is 0 Å². The van der Waals surface area contributed by atoms with E-state index in [1.54, 1.807) is 7.11 Å². The molecule has 0 bridgehead atoms. The van der Waals surface area contributed by atoms with Crippen LogP contribution in [0.2, 0.25) is 0 Å². The number of ether oxygens (including phenoxy) is 2. The zero-order chi connectivity index (χ0) is 20.3.